The molecule has 0 saturated carbocycles. The van der Waals surface area contributed by atoms with Crippen LogP contribution < -0.4 is 19.6 Å². The highest BCUT2D eigenvalue weighted by molar-refractivity contribution is 6.42. The predicted molar refractivity (Wildman–Crippen MR) is 86.8 cm³/mol. The summed E-state index contributed by atoms with van der Waals surface area (Å²) in [4.78, 5) is 0. The van der Waals surface area contributed by atoms with E-state index >= 15 is 0 Å². The second kappa shape index (κ2) is 6.34. The van der Waals surface area contributed by atoms with Crippen molar-refractivity contribution in [3.63, 3.8) is 0 Å². The maximum atomic E-state index is 5.94. The number of benzene rings is 2. The van der Waals surface area contributed by atoms with Gasteiger partial charge in [0.2, 0.25) is 12.5 Å². The molecular formula is C15H12Cl2N2O3. The number of nitrogens with zero attached hydrogens (tertiary/aromatic N) is 1. The Labute approximate surface area is 137 Å². The SMILES string of the molecule is COc1cc(/C=N\Nc2ccc(Cl)c(Cl)c2)cc2c1OCO2. The van der Waals surface area contributed by atoms with Crippen molar-refractivity contribution in [2.24, 2.45) is 5.10 Å². The summed E-state index contributed by atoms with van der Waals surface area (Å²) in [6, 6.07) is 8.82. The summed E-state index contributed by atoms with van der Waals surface area (Å²) in [6.45, 7) is 0.188. The van der Waals surface area contributed by atoms with Gasteiger partial charge in [-0.25, -0.2) is 0 Å². The summed E-state index contributed by atoms with van der Waals surface area (Å²) >= 11 is 11.8. The van der Waals surface area contributed by atoms with Crippen LogP contribution in [0.3, 0.4) is 0 Å². The van der Waals surface area contributed by atoms with Gasteiger partial charge in [0.1, 0.15) is 0 Å². The molecule has 0 bridgehead atoms. The van der Waals surface area contributed by atoms with Crippen molar-refractivity contribution in [3.05, 3.63) is 45.9 Å². The maximum Gasteiger partial charge on any atom is 0.231 e. The monoisotopic (exact) mass is 338 g/mol. The van der Waals surface area contributed by atoms with Crippen molar-refractivity contribution in [1.29, 1.82) is 0 Å². The van der Waals surface area contributed by atoms with Crippen molar-refractivity contribution in [1.82, 2.24) is 0 Å². The van der Waals surface area contributed by atoms with Crippen LogP contribution >= 0.6 is 23.2 Å². The Morgan fingerprint density at radius 2 is 2.05 bits per heavy atom. The second-order valence-corrected chi connectivity index (χ2v) is 5.27. The fourth-order valence-corrected chi connectivity index (χ4v) is 2.27. The quantitative estimate of drug-likeness (QED) is 0.671. The third-order valence-corrected chi connectivity index (χ3v) is 3.75. The van der Waals surface area contributed by atoms with Crippen LogP contribution in [0.4, 0.5) is 5.69 Å². The van der Waals surface area contributed by atoms with Crippen LogP contribution in [0.2, 0.25) is 10.0 Å². The lowest BCUT2D eigenvalue weighted by molar-refractivity contribution is 0.171. The predicted octanol–water partition coefficient (Wildman–Crippen LogP) is 4.18. The Hall–Kier alpha value is -2.11. The molecule has 1 heterocycles. The molecule has 3 rings (SSSR count). The molecule has 1 N–H and O–H groups in total. The minimum atomic E-state index is 0.188. The smallest absolute Gasteiger partial charge is 0.231 e. The minimum Gasteiger partial charge on any atom is -0.493 e. The van der Waals surface area contributed by atoms with Gasteiger partial charge in [-0.3, -0.25) is 5.43 Å². The number of halogens is 2. The molecule has 0 amide bonds. The van der Waals surface area contributed by atoms with Gasteiger partial charge in [0.15, 0.2) is 11.5 Å². The topological polar surface area (TPSA) is 52.1 Å². The zero-order chi connectivity index (χ0) is 15.5. The van der Waals surface area contributed by atoms with Crippen molar-refractivity contribution in [3.8, 4) is 17.2 Å². The Kier molecular flexibility index (Phi) is 4.27. The molecule has 0 saturated heterocycles. The highest BCUT2D eigenvalue weighted by Crippen LogP contribution is 2.41. The van der Waals surface area contributed by atoms with E-state index in [1.165, 1.54) is 0 Å². The normalized spacial score (nSPS) is 12.7. The lowest BCUT2D eigenvalue weighted by Crippen LogP contribution is -1.93. The van der Waals surface area contributed by atoms with Crippen molar-refractivity contribution in [2.75, 3.05) is 19.3 Å². The molecule has 1 aliphatic heterocycles. The van der Waals surface area contributed by atoms with Crippen molar-refractivity contribution in [2.45, 2.75) is 0 Å². The number of anilines is 1. The Balaban J connectivity index is 1.76. The number of nitrogens with one attached hydrogen (secondary N) is 1. The van der Waals surface area contributed by atoms with E-state index < -0.39 is 0 Å². The van der Waals surface area contributed by atoms with Crippen LogP contribution in [0.25, 0.3) is 0 Å². The molecule has 2 aromatic carbocycles. The fraction of sp³-hybridized carbons (Fsp3) is 0.133. The molecule has 0 unspecified atom stereocenters. The highest BCUT2D eigenvalue weighted by Gasteiger charge is 2.19. The van der Waals surface area contributed by atoms with Gasteiger partial charge in [-0.2, -0.15) is 5.10 Å². The van der Waals surface area contributed by atoms with E-state index in [-0.39, 0.29) is 6.79 Å². The number of hydrogen-bond donors (Lipinski definition) is 1. The summed E-state index contributed by atoms with van der Waals surface area (Å²) in [7, 11) is 1.58. The molecule has 0 atom stereocenters. The third kappa shape index (κ3) is 3.05. The first-order valence-corrected chi connectivity index (χ1v) is 7.15. The summed E-state index contributed by atoms with van der Waals surface area (Å²) in [5.41, 5.74) is 4.43. The van der Waals surface area contributed by atoms with Crippen LogP contribution in [-0.4, -0.2) is 20.1 Å². The molecule has 0 spiro atoms. The summed E-state index contributed by atoms with van der Waals surface area (Å²) in [5.74, 6) is 1.85. The number of fused-ring (bicyclic) bond motifs is 1. The van der Waals surface area contributed by atoms with Crippen LogP contribution in [0.15, 0.2) is 35.4 Å². The van der Waals surface area contributed by atoms with E-state index in [0.29, 0.717) is 27.3 Å². The Morgan fingerprint density at radius 3 is 2.82 bits per heavy atom. The lowest BCUT2D eigenvalue weighted by atomic mass is 10.2. The zero-order valence-electron chi connectivity index (χ0n) is 11.6. The molecular weight excluding hydrogens is 327 g/mol. The standard InChI is InChI=1S/C15H12Cl2N2O3/c1-20-13-4-9(5-14-15(13)22-8-21-14)7-18-19-10-2-3-11(16)12(17)6-10/h2-7,19H,8H2,1H3/b18-7-. The molecule has 1 aliphatic rings. The minimum absolute atomic E-state index is 0.188. The molecule has 2 aromatic rings. The number of ether oxygens (including phenoxy) is 3. The molecule has 5 nitrogen and oxygen atoms in total. The zero-order valence-corrected chi connectivity index (χ0v) is 13.1. The summed E-state index contributed by atoms with van der Waals surface area (Å²) in [5, 5.41) is 5.12. The van der Waals surface area contributed by atoms with Gasteiger partial charge in [0, 0.05) is 5.56 Å². The molecule has 22 heavy (non-hydrogen) atoms. The van der Waals surface area contributed by atoms with Crippen LogP contribution in [-0.2, 0) is 0 Å². The van der Waals surface area contributed by atoms with Crippen molar-refractivity contribution < 1.29 is 14.2 Å². The maximum absolute atomic E-state index is 5.94. The third-order valence-electron chi connectivity index (χ3n) is 3.01. The number of rotatable bonds is 4. The Morgan fingerprint density at radius 1 is 1.18 bits per heavy atom. The molecule has 0 radical (unpaired) electrons. The first-order valence-electron chi connectivity index (χ1n) is 6.39. The van der Waals surface area contributed by atoms with Gasteiger partial charge in [0.25, 0.3) is 0 Å². The largest absolute Gasteiger partial charge is 0.493 e. The van der Waals surface area contributed by atoms with E-state index in [1.807, 2.05) is 12.1 Å². The number of methoxy groups -OCH3 is 1. The lowest BCUT2D eigenvalue weighted by Gasteiger charge is -2.06. The molecule has 7 heteroatoms. The van der Waals surface area contributed by atoms with Gasteiger partial charge in [-0.1, -0.05) is 23.2 Å². The van der Waals surface area contributed by atoms with Crippen LogP contribution in [0.5, 0.6) is 17.2 Å². The summed E-state index contributed by atoms with van der Waals surface area (Å²) in [6.07, 6.45) is 1.65. The van der Waals surface area contributed by atoms with Crippen LogP contribution in [0, 0.1) is 0 Å². The second-order valence-electron chi connectivity index (χ2n) is 4.46. The molecule has 114 valence electrons. The van der Waals surface area contributed by atoms with Gasteiger partial charge >= 0.3 is 0 Å². The molecule has 0 fully saturated rings. The Bertz CT molecular complexity index is 735. The van der Waals surface area contributed by atoms with Gasteiger partial charge in [-0.05, 0) is 30.3 Å². The van der Waals surface area contributed by atoms with Gasteiger partial charge in [0.05, 0.1) is 29.1 Å². The van der Waals surface area contributed by atoms with Gasteiger partial charge in [-0.15, -0.1) is 0 Å². The average Bonchev–Trinajstić information content (AvgIpc) is 2.98. The van der Waals surface area contributed by atoms with E-state index in [0.717, 1.165) is 11.3 Å². The molecule has 0 aliphatic carbocycles. The van der Waals surface area contributed by atoms with E-state index in [2.05, 4.69) is 10.5 Å². The van der Waals surface area contributed by atoms with E-state index in [4.69, 9.17) is 37.4 Å². The summed E-state index contributed by atoms with van der Waals surface area (Å²) < 4.78 is 16.0. The van der Waals surface area contributed by atoms with Crippen LogP contribution in [0.1, 0.15) is 5.56 Å². The average molecular weight is 339 g/mol. The number of hydrogen-bond acceptors (Lipinski definition) is 5. The van der Waals surface area contributed by atoms with E-state index in [9.17, 15) is 0 Å². The molecule has 0 aromatic heterocycles. The first-order chi connectivity index (χ1) is 10.7. The van der Waals surface area contributed by atoms with Gasteiger partial charge < -0.3 is 14.2 Å². The number of hydrazone groups is 1. The fourth-order valence-electron chi connectivity index (χ4n) is 1.97. The van der Waals surface area contributed by atoms with Crippen molar-refractivity contribution >= 4 is 35.1 Å². The van der Waals surface area contributed by atoms with E-state index in [1.54, 1.807) is 31.5 Å². The highest BCUT2D eigenvalue weighted by atomic mass is 35.5. The first kappa shape index (κ1) is 14.8.